The number of rotatable bonds is 6. The van der Waals surface area contributed by atoms with Crippen LogP contribution in [0.4, 0.5) is 0 Å². The van der Waals surface area contributed by atoms with Crippen molar-refractivity contribution in [1.82, 2.24) is 0 Å². The van der Waals surface area contributed by atoms with E-state index in [0.717, 1.165) is 5.75 Å². The van der Waals surface area contributed by atoms with Gasteiger partial charge in [-0.1, -0.05) is 84.9 Å². The Morgan fingerprint density at radius 1 is 0.840 bits per heavy atom. The number of nitrogens with zero attached hydrogens (tertiary/aromatic N) is 1. The zero-order chi connectivity index (χ0) is 17.3. The van der Waals surface area contributed by atoms with Gasteiger partial charge in [0.2, 0.25) is 0 Å². The molecular formula is C23H19NS. The van der Waals surface area contributed by atoms with Gasteiger partial charge in [-0.15, -0.1) is 11.8 Å². The Balaban J connectivity index is 1.74. The maximum Gasteiger partial charge on any atom is 0.0991 e. The molecule has 0 aliphatic carbocycles. The van der Waals surface area contributed by atoms with Crippen LogP contribution < -0.4 is 0 Å². The third kappa shape index (κ3) is 5.11. The summed E-state index contributed by atoms with van der Waals surface area (Å²) in [6.07, 6.45) is 4.45. The molecule has 1 unspecified atom stereocenters. The molecule has 25 heavy (non-hydrogen) atoms. The fourth-order valence-corrected chi connectivity index (χ4v) is 3.63. The first-order valence-electron chi connectivity index (χ1n) is 8.24. The maximum absolute atomic E-state index is 8.91. The Morgan fingerprint density at radius 2 is 1.48 bits per heavy atom. The lowest BCUT2D eigenvalue weighted by Gasteiger charge is -2.13. The van der Waals surface area contributed by atoms with Crippen LogP contribution in [0.25, 0.3) is 6.08 Å². The van der Waals surface area contributed by atoms with Gasteiger partial charge < -0.3 is 0 Å². The van der Waals surface area contributed by atoms with Crippen molar-refractivity contribution in [3.05, 3.63) is 113 Å². The third-order valence-electron chi connectivity index (χ3n) is 3.90. The fourth-order valence-electron chi connectivity index (χ4n) is 2.53. The Morgan fingerprint density at radius 3 is 2.12 bits per heavy atom. The number of benzene rings is 3. The van der Waals surface area contributed by atoms with Gasteiger partial charge in [-0.25, -0.2) is 0 Å². The average molecular weight is 341 g/mol. The standard InChI is InChI=1S/C23H19NS/c24-17-20-11-13-21(14-12-20)18-25-23(22-9-5-2-6-10-22)16-15-19-7-3-1-4-8-19/h1-16,23H,18H2/b16-15+. The zero-order valence-electron chi connectivity index (χ0n) is 13.9. The molecule has 0 saturated heterocycles. The van der Waals surface area contributed by atoms with Crippen LogP contribution in [-0.4, -0.2) is 0 Å². The van der Waals surface area contributed by atoms with Gasteiger partial charge in [0.25, 0.3) is 0 Å². The second kappa shape index (κ2) is 8.92. The Kier molecular flexibility index (Phi) is 6.09. The van der Waals surface area contributed by atoms with Gasteiger partial charge in [0.15, 0.2) is 0 Å². The molecule has 3 aromatic rings. The summed E-state index contributed by atoms with van der Waals surface area (Å²) in [5.41, 5.74) is 4.45. The summed E-state index contributed by atoms with van der Waals surface area (Å²) in [5, 5.41) is 9.20. The summed E-state index contributed by atoms with van der Waals surface area (Å²) < 4.78 is 0. The van der Waals surface area contributed by atoms with Gasteiger partial charge in [0.1, 0.15) is 0 Å². The molecule has 0 bridgehead atoms. The van der Waals surface area contributed by atoms with Crippen molar-refractivity contribution in [2.24, 2.45) is 0 Å². The molecule has 0 N–H and O–H groups in total. The Labute approximate surface area is 153 Å². The first kappa shape index (κ1) is 17.1. The van der Waals surface area contributed by atoms with Gasteiger partial charge in [-0.3, -0.25) is 0 Å². The van der Waals surface area contributed by atoms with Gasteiger partial charge in [0, 0.05) is 11.0 Å². The molecule has 1 nitrogen and oxygen atoms in total. The highest BCUT2D eigenvalue weighted by Gasteiger charge is 2.08. The number of thioether (sulfide) groups is 1. The molecule has 122 valence electrons. The summed E-state index contributed by atoms with van der Waals surface area (Å²) >= 11 is 1.89. The second-order valence-corrected chi connectivity index (χ2v) is 6.85. The van der Waals surface area contributed by atoms with Crippen LogP contribution in [0.3, 0.4) is 0 Å². The lowest BCUT2D eigenvalue weighted by Crippen LogP contribution is -1.92. The first-order chi connectivity index (χ1) is 12.3. The largest absolute Gasteiger partial charge is 0.192 e. The van der Waals surface area contributed by atoms with Crippen molar-refractivity contribution >= 4 is 17.8 Å². The predicted octanol–water partition coefficient (Wildman–Crippen LogP) is 6.25. The topological polar surface area (TPSA) is 23.8 Å². The van der Waals surface area contributed by atoms with Crippen LogP contribution in [-0.2, 0) is 5.75 Å². The van der Waals surface area contributed by atoms with Crippen LogP contribution in [0, 0.1) is 11.3 Å². The molecule has 0 aliphatic heterocycles. The minimum Gasteiger partial charge on any atom is -0.192 e. The van der Waals surface area contributed by atoms with Gasteiger partial charge in [-0.2, -0.15) is 5.26 Å². The normalized spacial score (nSPS) is 12.0. The van der Waals surface area contributed by atoms with E-state index in [1.807, 2.05) is 48.2 Å². The summed E-state index contributed by atoms with van der Waals surface area (Å²) in [6, 6.07) is 30.9. The monoisotopic (exact) mass is 341 g/mol. The van der Waals surface area contributed by atoms with Crippen LogP contribution in [0.1, 0.15) is 27.5 Å². The van der Waals surface area contributed by atoms with E-state index >= 15 is 0 Å². The van der Waals surface area contributed by atoms with Crippen LogP contribution in [0.15, 0.2) is 91.0 Å². The second-order valence-electron chi connectivity index (χ2n) is 5.72. The SMILES string of the molecule is N#Cc1ccc(CSC(/C=C/c2ccccc2)c2ccccc2)cc1. The van der Waals surface area contributed by atoms with Crippen LogP contribution >= 0.6 is 11.8 Å². The summed E-state index contributed by atoms with van der Waals surface area (Å²) in [6.45, 7) is 0. The van der Waals surface area contributed by atoms with E-state index in [9.17, 15) is 0 Å². The third-order valence-corrected chi connectivity index (χ3v) is 5.19. The molecule has 3 rings (SSSR count). The van der Waals surface area contributed by atoms with Crippen molar-refractivity contribution < 1.29 is 0 Å². The van der Waals surface area contributed by atoms with E-state index in [2.05, 4.69) is 66.8 Å². The van der Waals surface area contributed by atoms with Gasteiger partial charge >= 0.3 is 0 Å². The van der Waals surface area contributed by atoms with Crippen molar-refractivity contribution in [2.75, 3.05) is 0 Å². The van der Waals surface area contributed by atoms with Crippen molar-refractivity contribution in [1.29, 1.82) is 5.26 Å². The maximum atomic E-state index is 8.91. The quantitative estimate of drug-likeness (QED) is 0.529. The minimum atomic E-state index is 0.289. The van der Waals surface area contributed by atoms with Crippen LogP contribution in [0.2, 0.25) is 0 Å². The lowest BCUT2D eigenvalue weighted by atomic mass is 10.1. The van der Waals surface area contributed by atoms with E-state index in [1.54, 1.807) is 0 Å². The van der Waals surface area contributed by atoms with E-state index in [4.69, 9.17) is 5.26 Å². The Bertz CT molecular complexity index is 846. The average Bonchev–Trinajstić information content (AvgIpc) is 2.70. The van der Waals surface area contributed by atoms with E-state index in [-0.39, 0.29) is 5.25 Å². The van der Waals surface area contributed by atoms with Crippen LogP contribution in [0.5, 0.6) is 0 Å². The predicted molar refractivity (Wildman–Crippen MR) is 107 cm³/mol. The summed E-state index contributed by atoms with van der Waals surface area (Å²) in [7, 11) is 0. The molecular weight excluding hydrogens is 322 g/mol. The molecule has 0 aliphatic rings. The smallest absolute Gasteiger partial charge is 0.0991 e. The number of hydrogen-bond acceptors (Lipinski definition) is 2. The molecule has 0 fully saturated rings. The molecule has 3 aromatic carbocycles. The molecule has 0 spiro atoms. The highest BCUT2D eigenvalue weighted by atomic mass is 32.2. The highest BCUT2D eigenvalue weighted by Crippen LogP contribution is 2.33. The first-order valence-corrected chi connectivity index (χ1v) is 9.29. The number of nitriles is 1. The number of hydrogen-bond donors (Lipinski definition) is 0. The minimum absolute atomic E-state index is 0.289. The van der Waals surface area contributed by atoms with Crippen molar-refractivity contribution in [2.45, 2.75) is 11.0 Å². The van der Waals surface area contributed by atoms with Gasteiger partial charge in [0.05, 0.1) is 11.6 Å². The van der Waals surface area contributed by atoms with E-state index < -0.39 is 0 Å². The molecule has 1 atom stereocenters. The van der Waals surface area contributed by atoms with Crippen molar-refractivity contribution in [3.63, 3.8) is 0 Å². The van der Waals surface area contributed by atoms with E-state index in [1.165, 1.54) is 16.7 Å². The molecule has 2 heteroatoms. The lowest BCUT2D eigenvalue weighted by molar-refractivity contribution is 1.22. The van der Waals surface area contributed by atoms with E-state index in [0.29, 0.717) is 5.56 Å². The Hall–Kier alpha value is -2.76. The summed E-state index contributed by atoms with van der Waals surface area (Å²) in [4.78, 5) is 0. The fraction of sp³-hybridized carbons (Fsp3) is 0.0870. The van der Waals surface area contributed by atoms with Gasteiger partial charge in [-0.05, 0) is 28.8 Å². The van der Waals surface area contributed by atoms with Crippen molar-refractivity contribution in [3.8, 4) is 6.07 Å². The molecule has 0 radical (unpaired) electrons. The molecule has 0 heterocycles. The zero-order valence-corrected chi connectivity index (χ0v) is 14.7. The highest BCUT2D eigenvalue weighted by molar-refractivity contribution is 7.98. The molecule has 0 aromatic heterocycles. The summed E-state index contributed by atoms with van der Waals surface area (Å²) in [5.74, 6) is 0.907. The molecule has 0 amide bonds. The molecule has 0 saturated carbocycles.